The maximum absolute atomic E-state index is 11.8. The fraction of sp³-hybridized carbons (Fsp3) is 0.818. The van der Waals surface area contributed by atoms with E-state index >= 15 is 0 Å². The van der Waals surface area contributed by atoms with Crippen molar-refractivity contribution in [1.29, 1.82) is 0 Å². The second kappa shape index (κ2) is 6.86. The SMILES string of the molecule is CC(C)C(S)C(=O)NCC(=O)N1CCNCC1. The quantitative estimate of drug-likeness (QED) is 0.596. The Balaban J connectivity index is 2.29. The lowest BCUT2D eigenvalue weighted by atomic mass is 10.1. The van der Waals surface area contributed by atoms with E-state index in [2.05, 4.69) is 23.3 Å². The van der Waals surface area contributed by atoms with Crippen LogP contribution in [0.25, 0.3) is 0 Å². The molecule has 1 atom stereocenters. The Morgan fingerprint density at radius 1 is 1.35 bits per heavy atom. The summed E-state index contributed by atoms with van der Waals surface area (Å²) in [7, 11) is 0. The van der Waals surface area contributed by atoms with Gasteiger partial charge >= 0.3 is 0 Å². The highest BCUT2D eigenvalue weighted by Crippen LogP contribution is 2.08. The molecule has 0 bridgehead atoms. The maximum atomic E-state index is 11.8. The number of nitrogens with one attached hydrogen (secondary N) is 2. The Bertz CT molecular complexity index is 278. The number of nitrogens with zero attached hydrogens (tertiary/aromatic N) is 1. The van der Waals surface area contributed by atoms with Crippen molar-refractivity contribution in [1.82, 2.24) is 15.5 Å². The molecule has 1 rings (SSSR count). The van der Waals surface area contributed by atoms with Crippen LogP contribution in [-0.2, 0) is 9.59 Å². The molecular weight excluding hydrogens is 238 g/mol. The van der Waals surface area contributed by atoms with Crippen molar-refractivity contribution in [3.8, 4) is 0 Å². The Labute approximate surface area is 108 Å². The number of piperazine rings is 1. The van der Waals surface area contributed by atoms with E-state index in [1.807, 2.05) is 13.8 Å². The summed E-state index contributed by atoms with van der Waals surface area (Å²) < 4.78 is 0. The van der Waals surface area contributed by atoms with Crippen LogP contribution in [0.15, 0.2) is 0 Å². The molecule has 1 aliphatic rings. The van der Waals surface area contributed by atoms with Gasteiger partial charge in [-0.25, -0.2) is 0 Å². The third kappa shape index (κ3) is 4.55. The van der Waals surface area contributed by atoms with Gasteiger partial charge in [-0.2, -0.15) is 12.6 Å². The third-order valence-corrected chi connectivity index (χ3v) is 3.61. The second-order valence-electron chi connectivity index (χ2n) is 4.54. The molecule has 0 spiro atoms. The molecule has 0 saturated carbocycles. The lowest BCUT2D eigenvalue weighted by Crippen LogP contribution is -2.50. The Hall–Kier alpha value is -0.750. The van der Waals surface area contributed by atoms with Crippen LogP contribution in [0.3, 0.4) is 0 Å². The minimum absolute atomic E-state index is 0.0239. The van der Waals surface area contributed by atoms with Gasteiger partial charge in [-0.05, 0) is 5.92 Å². The minimum Gasteiger partial charge on any atom is -0.346 e. The summed E-state index contributed by atoms with van der Waals surface area (Å²) in [6.07, 6.45) is 0. The zero-order chi connectivity index (χ0) is 12.8. The van der Waals surface area contributed by atoms with Gasteiger partial charge in [-0.15, -0.1) is 0 Å². The van der Waals surface area contributed by atoms with Crippen molar-refractivity contribution >= 4 is 24.4 Å². The Morgan fingerprint density at radius 2 is 1.94 bits per heavy atom. The predicted octanol–water partition coefficient (Wildman–Crippen LogP) is -0.511. The fourth-order valence-electron chi connectivity index (χ4n) is 1.60. The van der Waals surface area contributed by atoms with E-state index in [-0.39, 0.29) is 29.5 Å². The summed E-state index contributed by atoms with van der Waals surface area (Å²) in [5, 5.41) is 5.45. The second-order valence-corrected chi connectivity index (χ2v) is 5.09. The van der Waals surface area contributed by atoms with Gasteiger partial charge in [0.25, 0.3) is 0 Å². The van der Waals surface area contributed by atoms with Gasteiger partial charge in [0.05, 0.1) is 11.8 Å². The summed E-state index contributed by atoms with van der Waals surface area (Å²) in [6, 6.07) is 0. The molecule has 2 amide bonds. The van der Waals surface area contributed by atoms with E-state index in [0.717, 1.165) is 13.1 Å². The molecule has 0 aromatic carbocycles. The van der Waals surface area contributed by atoms with Crippen LogP contribution in [0.2, 0.25) is 0 Å². The molecule has 1 unspecified atom stereocenters. The lowest BCUT2D eigenvalue weighted by molar-refractivity contribution is -0.133. The zero-order valence-corrected chi connectivity index (χ0v) is 11.3. The van der Waals surface area contributed by atoms with Crippen LogP contribution in [-0.4, -0.2) is 54.7 Å². The summed E-state index contributed by atoms with van der Waals surface area (Å²) >= 11 is 4.20. The third-order valence-electron chi connectivity index (χ3n) is 2.78. The highest BCUT2D eigenvalue weighted by Gasteiger charge is 2.20. The van der Waals surface area contributed by atoms with Gasteiger partial charge in [0, 0.05) is 26.2 Å². The van der Waals surface area contributed by atoms with Crippen LogP contribution in [0.4, 0.5) is 0 Å². The highest BCUT2D eigenvalue weighted by atomic mass is 32.1. The van der Waals surface area contributed by atoms with Gasteiger partial charge in [0.15, 0.2) is 0 Å². The molecule has 0 aromatic rings. The van der Waals surface area contributed by atoms with E-state index in [4.69, 9.17) is 0 Å². The van der Waals surface area contributed by atoms with Crippen molar-refractivity contribution in [2.75, 3.05) is 32.7 Å². The van der Waals surface area contributed by atoms with Crippen LogP contribution < -0.4 is 10.6 Å². The number of carbonyl (C=O) groups is 2. The molecule has 5 nitrogen and oxygen atoms in total. The molecule has 98 valence electrons. The average Bonchev–Trinajstić information content (AvgIpc) is 2.35. The summed E-state index contributed by atoms with van der Waals surface area (Å²) in [5.41, 5.74) is 0. The van der Waals surface area contributed by atoms with E-state index in [9.17, 15) is 9.59 Å². The van der Waals surface area contributed by atoms with E-state index < -0.39 is 0 Å². The molecule has 0 aromatic heterocycles. The smallest absolute Gasteiger partial charge is 0.242 e. The highest BCUT2D eigenvalue weighted by molar-refractivity contribution is 7.81. The van der Waals surface area contributed by atoms with Gasteiger partial charge < -0.3 is 15.5 Å². The maximum Gasteiger partial charge on any atom is 0.242 e. The summed E-state index contributed by atoms with van der Waals surface area (Å²) in [4.78, 5) is 25.1. The molecule has 0 radical (unpaired) electrons. The first-order valence-electron chi connectivity index (χ1n) is 5.96. The number of rotatable bonds is 4. The molecule has 1 saturated heterocycles. The van der Waals surface area contributed by atoms with E-state index in [1.54, 1.807) is 4.90 Å². The lowest BCUT2D eigenvalue weighted by Gasteiger charge is -2.27. The van der Waals surface area contributed by atoms with Crippen molar-refractivity contribution < 1.29 is 9.59 Å². The Morgan fingerprint density at radius 3 is 2.47 bits per heavy atom. The zero-order valence-electron chi connectivity index (χ0n) is 10.4. The first kappa shape index (κ1) is 14.3. The van der Waals surface area contributed by atoms with Gasteiger partial charge in [-0.3, -0.25) is 9.59 Å². The first-order chi connectivity index (χ1) is 8.02. The molecule has 1 heterocycles. The molecule has 17 heavy (non-hydrogen) atoms. The van der Waals surface area contributed by atoms with Crippen LogP contribution in [0, 0.1) is 5.92 Å². The minimum atomic E-state index is -0.356. The van der Waals surface area contributed by atoms with Gasteiger partial charge in [0.2, 0.25) is 11.8 Å². The molecule has 1 aliphatic heterocycles. The monoisotopic (exact) mass is 259 g/mol. The van der Waals surface area contributed by atoms with E-state index in [0.29, 0.717) is 13.1 Å². The largest absolute Gasteiger partial charge is 0.346 e. The molecule has 2 N–H and O–H groups in total. The number of amides is 2. The number of thiol groups is 1. The standard InChI is InChI=1S/C11H21N3O2S/c1-8(2)10(17)11(16)13-7-9(15)14-5-3-12-4-6-14/h8,10,12,17H,3-7H2,1-2H3,(H,13,16). The summed E-state index contributed by atoms with van der Waals surface area (Å²) in [5.74, 6) is -0.0384. The van der Waals surface area contributed by atoms with Crippen molar-refractivity contribution in [3.63, 3.8) is 0 Å². The molecular formula is C11H21N3O2S. The van der Waals surface area contributed by atoms with Crippen LogP contribution >= 0.6 is 12.6 Å². The number of hydrogen-bond acceptors (Lipinski definition) is 4. The predicted molar refractivity (Wildman–Crippen MR) is 70.1 cm³/mol. The average molecular weight is 259 g/mol. The van der Waals surface area contributed by atoms with Crippen molar-refractivity contribution in [3.05, 3.63) is 0 Å². The van der Waals surface area contributed by atoms with E-state index in [1.165, 1.54) is 0 Å². The van der Waals surface area contributed by atoms with Crippen molar-refractivity contribution in [2.24, 2.45) is 5.92 Å². The Kier molecular flexibility index (Phi) is 5.77. The number of carbonyl (C=O) groups excluding carboxylic acids is 2. The normalized spacial score (nSPS) is 18.0. The van der Waals surface area contributed by atoms with Crippen molar-refractivity contribution in [2.45, 2.75) is 19.1 Å². The molecule has 0 aliphatic carbocycles. The van der Waals surface area contributed by atoms with Gasteiger partial charge in [0.1, 0.15) is 0 Å². The molecule has 1 fully saturated rings. The topological polar surface area (TPSA) is 61.4 Å². The van der Waals surface area contributed by atoms with Crippen LogP contribution in [0.1, 0.15) is 13.8 Å². The molecule has 6 heteroatoms. The fourth-order valence-corrected chi connectivity index (χ4v) is 1.69. The van der Waals surface area contributed by atoms with Gasteiger partial charge in [-0.1, -0.05) is 13.8 Å². The van der Waals surface area contributed by atoms with Crippen LogP contribution in [0.5, 0.6) is 0 Å². The summed E-state index contributed by atoms with van der Waals surface area (Å²) in [6.45, 7) is 6.99. The first-order valence-corrected chi connectivity index (χ1v) is 6.48. The number of hydrogen-bond donors (Lipinski definition) is 3.